The van der Waals surface area contributed by atoms with Crippen molar-refractivity contribution in [3.05, 3.63) is 28.8 Å². The highest BCUT2D eigenvalue weighted by atomic mass is 35.5. The van der Waals surface area contributed by atoms with Gasteiger partial charge in [0, 0.05) is 18.2 Å². The Balaban J connectivity index is 2.90. The summed E-state index contributed by atoms with van der Waals surface area (Å²) in [6, 6.07) is 4.78. The largest absolute Gasteiger partial charge is 0.396 e. The van der Waals surface area contributed by atoms with Crippen LogP contribution in [-0.2, 0) is 10.0 Å². The average Bonchev–Trinajstić information content (AvgIpc) is 2.30. The van der Waals surface area contributed by atoms with Crippen LogP contribution in [0.3, 0.4) is 0 Å². The van der Waals surface area contributed by atoms with Gasteiger partial charge in [0.1, 0.15) is 0 Å². The molecule has 0 unspecified atom stereocenters. The van der Waals surface area contributed by atoms with Crippen LogP contribution >= 0.6 is 11.6 Å². The Morgan fingerprint density at radius 3 is 2.58 bits per heavy atom. The number of nitrogens with one attached hydrogen (secondary N) is 1. The molecule has 1 rings (SSSR count). The maximum atomic E-state index is 12.2. The summed E-state index contributed by atoms with van der Waals surface area (Å²) in [4.78, 5) is 0.194. The van der Waals surface area contributed by atoms with Crippen LogP contribution in [0.1, 0.15) is 25.8 Å². The molecule has 0 saturated heterocycles. The molecule has 0 radical (unpaired) electrons. The van der Waals surface area contributed by atoms with E-state index in [0.717, 1.165) is 0 Å². The normalized spacial score (nSPS) is 12.7. The number of sulfonamides is 1. The molecule has 0 bridgehead atoms. The molecule has 0 aromatic heterocycles. The van der Waals surface area contributed by atoms with E-state index in [0.29, 0.717) is 17.0 Å². The van der Waals surface area contributed by atoms with Gasteiger partial charge in [-0.15, -0.1) is 0 Å². The van der Waals surface area contributed by atoms with Gasteiger partial charge in [-0.3, -0.25) is 0 Å². The molecular weight excluding hydrogens is 286 g/mol. The SMILES string of the molecule is Cc1ccc(Cl)cc1S(=O)(=O)NCC(C)(C)CCO. The Labute approximate surface area is 119 Å². The lowest BCUT2D eigenvalue weighted by atomic mass is 9.90. The lowest BCUT2D eigenvalue weighted by Crippen LogP contribution is -2.34. The summed E-state index contributed by atoms with van der Waals surface area (Å²) in [5.41, 5.74) is 0.353. The minimum atomic E-state index is -3.58. The van der Waals surface area contributed by atoms with Gasteiger partial charge >= 0.3 is 0 Å². The number of halogens is 1. The third-order valence-corrected chi connectivity index (χ3v) is 4.75. The van der Waals surface area contributed by atoms with Crippen molar-refractivity contribution in [1.82, 2.24) is 4.72 Å². The second-order valence-corrected chi connectivity index (χ2v) is 7.54. The standard InChI is InChI=1S/C13H20ClNO3S/c1-10-4-5-11(14)8-12(10)19(17,18)15-9-13(2,3)6-7-16/h4-5,8,15-16H,6-7,9H2,1-3H3. The van der Waals surface area contributed by atoms with E-state index in [1.54, 1.807) is 19.1 Å². The van der Waals surface area contributed by atoms with Gasteiger partial charge in [0.25, 0.3) is 0 Å². The van der Waals surface area contributed by atoms with Crippen molar-refractivity contribution >= 4 is 21.6 Å². The Morgan fingerprint density at radius 2 is 2.00 bits per heavy atom. The van der Waals surface area contributed by atoms with Crippen LogP contribution in [0.15, 0.2) is 23.1 Å². The zero-order chi connectivity index (χ0) is 14.7. The van der Waals surface area contributed by atoms with Gasteiger partial charge in [0.2, 0.25) is 10.0 Å². The van der Waals surface area contributed by atoms with Crippen molar-refractivity contribution in [2.75, 3.05) is 13.2 Å². The average molecular weight is 306 g/mol. The smallest absolute Gasteiger partial charge is 0.240 e. The zero-order valence-electron chi connectivity index (χ0n) is 11.4. The summed E-state index contributed by atoms with van der Waals surface area (Å²) in [7, 11) is -3.58. The van der Waals surface area contributed by atoms with Crippen LogP contribution in [0.4, 0.5) is 0 Å². The first-order valence-corrected chi connectivity index (χ1v) is 7.91. The topological polar surface area (TPSA) is 66.4 Å². The Hall–Kier alpha value is -0.620. The molecule has 0 heterocycles. The molecule has 0 aliphatic heterocycles. The number of aliphatic hydroxyl groups is 1. The first-order valence-electron chi connectivity index (χ1n) is 6.05. The maximum absolute atomic E-state index is 12.2. The zero-order valence-corrected chi connectivity index (χ0v) is 13.0. The first kappa shape index (κ1) is 16.4. The quantitative estimate of drug-likeness (QED) is 0.847. The predicted molar refractivity (Wildman–Crippen MR) is 76.9 cm³/mol. The van der Waals surface area contributed by atoms with Crippen LogP contribution in [0.2, 0.25) is 5.02 Å². The molecule has 108 valence electrons. The van der Waals surface area contributed by atoms with Crippen molar-refractivity contribution in [3.8, 4) is 0 Å². The maximum Gasteiger partial charge on any atom is 0.240 e. The van der Waals surface area contributed by atoms with Crippen molar-refractivity contribution in [2.45, 2.75) is 32.1 Å². The van der Waals surface area contributed by atoms with Crippen LogP contribution in [0, 0.1) is 12.3 Å². The monoisotopic (exact) mass is 305 g/mol. The highest BCUT2D eigenvalue weighted by Crippen LogP contribution is 2.22. The van der Waals surface area contributed by atoms with Gasteiger partial charge < -0.3 is 5.11 Å². The van der Waals surface area contributed by atoms with Gasteiger partial charge in [-0.1, -0.05) is 31.5 Å². The van der Waals surface area contributed by atoms with Crippen LogP contribution in [-0.4, -0.2) is 26.7 Å². The lowest BCUT2D eigenvalue weighted by molar-refractivity contribution is 0.213. The molecular formula is C13H20ClNO3S. The van der Waals surface area contributed by atoms with E-state index in [9.17, 15) is 8.42 Å². The highest BCUT2D eigenvalue weighted by Gasteiger charge is 2.23. The second kappa shape index (κ2) is 6.22. The van der Waals surface area contributed by atoms with Gasteiger partial charge in [-0.2, -0.15) is 0 Å². The summed E-state index contributed by atoms with van der Waals surface area (Å²) >= 11 is 5.84. The molecule has 0 fully saturated rings. The fourth-order valence-corrected chi connectivity index (χ4v) is 3.37. The van der Waals surface area contributed by atoms with E-state index in [2.05, 4.69) is 4.72 Å². The fourth-order valence-electron chi connectivity index (χ4n) is 1.62. The third kappa shape index (κ3) is 4.76. The number of hydrogen-bond donors (Lipinski definition) is 2. The summed E-state index contributed by atoms with van der Waals surface area (Å²) in [5.74, 6) is 0. The van der Waals surface area contributed by atoms with Crippen LogP contribution in [0.5, 0.6) is 0 Å². The van der Waals surface area contributed by atoms with Gasteiger partial charge in [0.05, 0.1) is 4.90 Å². The van der Waals surface area contributed by atoms with E-state index < -0.39 is 10.0 Å². The molecule has 0 atom stereocenters. The van der Waals surface area contributed by atoms with Crippen molar-refractivity contribution in [3.63, 3.8) is 0 Å². The molecule has 1 aromatic rings. The summed E-state index contributed by atoms with van der Waals surface area (Å²) in [6.07, 6.45) is 0.532. The third-order valence-electron chi connectivity index (χ3n) is 2.97. The Kier molecular flexibility index (Phi) is 5.38. The van der Waals surface area contributed by atoms with E-state index in [-0.39, 0.29) is 23.5 Å². The van der Waals surface area contributed by atoms with Crippen LogP contribution in [0.25, 0.3) is 0 Å². The molecule has 0 aliphatic carbocycles. The van der Waals surface area contributed by atoms with Crippen molar-refractivity contribution < 1.29 is 13.5 Å². The minimum Gasteiger partial charge on any atom is -0.396 e. The molecule has 6 heteroatoms. The molecule has 0 amide bonds. The molecule has 0 aliphatic rings. The number of rotatable bonds is 6. The molecule has 0 saturated carbocycles. The lowest BCUT2D eigenvalue weighted by Gasteiger charge is -2.24. The van der Waals surface area contributed by atoms with E-state index in [4.69, 9.17) is 16.7 Å². The van der Waals surface area contributed by atoms with Gasteiger partial charge in [0.15, 0.2) is 0 Å². The molecule has 1 aromatic carbocycles. The van der Waals surface area contributed by atoms with Crippen molar-refractivity contribution in [1.29, 1.82) is 0 Å². The number of aliphatic hydroxyl groups excluding tert-OH is 1. The number of hydrogen-bond acceptors (Lipinski definition) is 3. The van der Waals surface area contributed by atoms with Gasteiger partial charge in [-0.05, 0) is 36.5 Å². The molecule has 4 nitrogen and oxygen atoms in total. The fraction of sp³-hybridized carbons (Fsp3) is 0.538. The number of benzene rings is 1. The van der Waals surface area contributed by atoms with Gasteiger partial charge in [-0.25, -0.2) is 13.1 Å². The summed E-state index contributed by atoms with van der Waals surface area (Å²) in [6.45, 7) is 5.82. The highest BCUT2D eigenvalue weighted by molar-refractivity contribution is 7.89. The summed E-state index contributed by atoms with van der Waals surface area (Å²) in [5, 5.41) is 9.32. The Morgan fingerprint density at radius 1 is 1.37 bits per heavy atom. The van der Waals surface area contributed by atoms with E-state index >= 15 is 0 Å². The second-order valence-electron chi connectivity index (χ2n) is 5.37. The molecule has 0 spiro atoms. The van der Waals surface area contributed by atoms with E-state index in [1.807, 2.05) is 13.8 Å². The minimum absolute atomic E-state index is 0.0327. The molecule has 2 N–H and O–H groups in total. The number of aryl methyl sites for hydroxylation is 1. The van der Waals surface area contributed by atoms with E-state index in [1.165, 1.54) is 6.07 Å². The summed E-state index contributed by atoms with van der Waals surface area (Å²) < 4.78 is 27.0. The first-order chi connectivity index (χ1) is 8.68. The predicted octanol–water partition coefficient (Wildman–Crippen LogP) is 2.34. The van der Waals surface area contributed by atoms with Crippen LogP contribution < -0.4 is 4.72 Å². The van der Waals surface area contributed by atoms with Crippen molar-refractivity contribution in [2.24, 2.45) is 5.41 Å². The molecule has 19 heavy (non-hydrogen) atoms. The Bertz CT molecular complexity index is 541.